The first-order valence-corrected chi connectivity index (χ1v) is 10.4. The van der Waals surface area contributed by atoms with Crippen LogP contribution in [0.4, 0.5) is 0 Å². The lowest BCUT2D eigenvalue weighted by Gasteiger charge is -2.34. The van der Waals surface area contributed by atoms with Gasteiger partial charge >= 0.3 is 0 Å². The number of carbonyl (C=O) groups is 1. The fourth-order valence-corrected chi connectivity index (χ4v) is 4.04. The number of ether oxygens (including phenoxy) is 2. The average molecular weight is 397 g/mol. The van der Waals surface area contributed by atoms with E-state index >= 15 is 0 Å². The Labute approximate surface area is 174 Å². The molecule has 0 aromatic heterocycles. The second-order valence-corrected chi connectivity index (χ2v) is 7.53. The number of methoxy groups -OCH3 is 2. The van der Waals surface area contributed by atoms with Crippen molar-refractivity contribution in [2.75, 3.05) is 27.3 Å². The number of benzene rings is 2. The SMILES string of the molecule is CCC(C(=O)N1CCC(NCc2cc(OC)ccc2OC)CC1)c1ccccc1. The van der Waals surface area contributed by atoms with Crippen LogP contribution in [0.3, 0.4) is 0 Å². The minimum absolute atomic E-state index is 0.0400. The van der Waals surface area contributed by atoms with E-state index in [0.717, 1.165) is 61.5 Å². The summed E-state index contributed by atoms with van der Waals surface area (Å²) in [6, 6.07) is 16.4. The number of carbonyl (C=O) groups excluding carboxylic acids is 1. The van der Waals surface area contributed by atoms with Gasteiger partial charge in [0.05, 0.1) is 20.1 Å². The van der Waals surface area contributed by atoms with E-state index in [0.29, 0.717) is 6.04 Å². The molecule has 0 radical (unpaired) electrons. The third kappa shape index (κ3) is 5.30. The van der Waals surface area contributed by atoms with Crippen molar-refractivity contribution in [1.29, 1.82) is 0 Å². The highest BCUT2D eigenvalue weighted by atomic mass is 16.5. The normalized spacial score (nSPS) is 15.8. The number of hydrogen-bond donors (Lipinski definition) is 1. The lowest BCUT2D eigenvalue weighted by atomic mass is 9.93. The lowest BCUT2D eigenvalue weighted by Crippen LogP contribution is -2.46. The van der Waals surface area contributed by atoms with Crippen LogP contribution in [0.5, 0.6) is 11.5 Å². The van der Waals surface area contributed by atoms with Gasteiger partial charge in [0.1, 0.15) is 11.5 Å². The monoisotopic (exact) mass is 396 g/mol. The summed E-state index contributed by atoms with van der Waals surface area (Å²) in [6.07, 6.45) is 2.75. The largest absolute Gasteiger partial charge is 0.497 e. The van der Waals surface area contributed by atoms with Gasteiger partial charge in [0.15, 0.2) is 0 Å². The van der Waals surface area contributed by atoms with Gasteiger partial charge in [-0.05, 0) is 43.0 Å². The van der Waals surface area contributed by atoms with Crippen LogP contribution in [0.15, 0.2) is 48.5 Å². The number of amides is 1. The van der Waals surface area contributed by atoms with Gasteiger partial charge in [-0.2, -0.15) is 0 Å². The Balaban J connectivity index is 1.53. The number of rotatable bonds is 8. The van der Waals surface area contributed by atoms with Gasteiger partial charge in [0, 0.05) is 31.2 Å². The zero-order chi connectivity index (χ0) is 20.6. The summed E-state index contributed by atoms with van der Waals surface area (Å²) in [7, 11) is 3.36. The van der Waals surface area contributed by atoms with Crippen LogP contribution in [-0.4, -0.2) is 44.2 Å². The molecule has 1 atom stereocenters. The Bertz CT molecular complexity index is 786. The standard InChI is InChI=1S/C24H32N2O3/c1-4-22(18-8-6-5-7-9-18)24(27)26-14-12-20(13-15-26)25-17-19-16-21(28-2)10-11-23(19)29-3/h5-11,16,20,22,25H,4,12-15,17H2,1-3H3. The molecule has 0 saturated carbocycles. The van der Waals surface area contributed by atoms with E-state index < -0.39 is 0 Å². The van der Waals surface area contributed by atoms with Crippen LogP contribution >= 0.6 is 0 Å². The summed E-state index contributed by atoms with van der Waals surface area (Å²) in [4.78, 5) is 15.1. The smallest absolute Gasteiger partial charge is 0.230 e. The van der Waals surface area contributed by atoms with Crippen molar-refractivity contribution in [1.82, 2.24) is 10.2 Å². The molecule has 1 aliphatic rings. The predicted octanol–water partition coefficient (Wildman–Crippen LogP) is 3.98. The molecule has 1 heterocycles. The molecule has 1 saturated heterocycles. The first kappa shape index (κ1) is 21.2. The van der Waals surface area contributed by atoms with Crippen LogP contribution in [0.2, 0.25) is 0 Å². The van der Waals surface area contributed by atoms with Gasteiger partial charge in [-0.25, -0.2) is 0 Å². The lowest BCUT2D eigenvalue weighted by molar-refractivity contribution is -0.134. The van der Waals surface area contributed by atoms with Crippen molar-refractivity contribution in [3.8, 4) is 11.5 Å². The summed E-state index contributed by atoms with van der Waals surface area (Å²) in [6.45, 7) is 4.41. The molecule has 1 N–H and O–H groups in total. The van der Waals surface area contributed by atoms with Crippen LogP contribution < -0.4 is 14.8 Å². The zero-order valence-electron chi connectivity index (χ0n) is 17.7. The molecule has 1 fully saturated rings. The molecule has 3 rings (SSSR count). The van der Waals surface area contributed by atoms with Gasteiger partial charge in [0.2, 0.25) is 5.91 Å². The van der Waals surface area contributed by atoms with Crippen LogP contribution in [0.1, 0.15) is 43.2 Å². The summed E-state index contributed by atoms with van der Waals surface area (Å²) in [5.74, 6) is 1.91. The molecule has 1 amide bonds. The van der Waals surface area contributed by atoms with E-state index in [9.17, 15) is 4.79 Å². The van der Waals surface area contributed by atoms with E-state index in [2.05, 4.69) is 24.4 Å². The zero-order valence-corrected chi connectivity index (χ0v) is 17.7. The third-order valence-corrected chi connectivity index (χ3v) is 5.78. The summed E-state index contributed by atoms with van der Waals surface area (Å²) in [5, 5.41) is 3.62. The first-order valence-electron chi connectivity index (χ1n) is 10.4. The minimum Gasteiger partial charge on any atom is -0.497 e. The van der Waals surface area contributed by atoms with E-state index in [4.69, 9.17) is 9.47 Å². The fraction of sp³-hybridized carbons (Fsp3) is 0.458. The molecule has 5 nitrogen and oxygen atoms in total. The Morgan fingerprint density at radius 1 is 1.10 bits per heavy atom. The molecule has 2 aromatic rings. The maximum atomic E-state index is 13.0. The van der Waals surface area contributed by atoms with Crippen molar-refractivity contribution in [3.63, 3.8) is 0 Å². The van der Waals surface area contributed by atoms with Gasteiger partial charge < -0.3 is 19.7 Å². The maximum absolute atomic E-state index is 13.0. The van der Waals surface area contributed by atoms with E-state index in [1.54, 1.807) is 14.2 Å². The molecule has 156 valence electrons. The van der Waals surface area contributed by atoms with Gasteiger partial charge in [-0.1, -0.05) is 37.3 Å². The topological polar surface area (TPSA) is 50.8 Å². The quantitative estimate of drug-likeness (QED) is 0.733. The van der Waals surface area contributed by atoms with Crippen LogP contribution in [-0.2, 0) is 11.3 Å². The first-order chi connectivity index (χ1) is 14.2. The summed E-state index contributed by atoms with van der Waals surface area (Å²) >= 11 is 0. The van der Waals surface area contributed by atoms with E-state index in [1.807, 2.05) is 41.3 Å². The molecule has 0 spiro atoms. The molecule has 0 bridgehead atoms. The summed E-state index contributed by atoms with van der Waals surface area (Å²) < 4.78 is 10.8. The number of likely N-dealkylation sites (tertiary alicyclic amines) is 1. The predicted molar refractivity (Wildman–Crippen MR) is 115 cm³/mol. The second kappa shape index (κ2) is 10.3. The Kier molecular flexibility index (Phi) is 7.53. The fourth-order valence-electron chi connectivity index (χ4n) is 4.04. The van der Waals surface area contributed by atoms with Crippen molar-refractivity contribution in [2.45, 2.75) is 44.7 Å². The molecule has 0 aliphatic carbocycles. The molecule has 29 heavy (non-hydrogen) atoms. The maximum Gasteiger partial charge on any atom is 0.230 e. The highest BCUT2D eigenvalue weighted by Crippen LogP contribution is 2.26. The molecule has 5 heteroatoms. The van der Waals surface area contributed by atoms with Crippen molar-refractivity contribution >= 4 is 5.91 Å². The second-order valence-electron chi connectivity index (χ2n) is 7.53. The highest BCUT2D eigenvalue weighted by Gasteiger charge is 2.28. The van der Waals surface area contributed by atoms with Crippen LogP contribution in [0, 0.1) is 0 Å². The van der Waals surface area contributed by atoms with Crippen molar-refractivity contribution in [3.05, 3.63) is 59.7 Å². The molecule has 2 aromatic carbocycles. The Hall–Kier alpha value is -2.53. The van der Waals surface area contributed by atoms with E-state index in [1.165, 1.54) is 0 Å². The van der Waals surface area contributed by atoms with Crippen LogP contribution in [0.25, 0.3) is 0 Å². The number of nitrogens with one attached hydrogen (secondary N) is 1. The van der Waals surface area contributed by atoms with E-state index in [-0.39, 0.29) is 11.8 Å². The third-order valence-electron chi connectivity index (χ3n) is 5.78. The highest BCUT2D eigenvalue weighted by molar-refractivity contribution is 5.83. The Morgan fingerprint density at radius 2 is 1.83 bits per heavy atom. The molecule has 1 unspecified atom stereocenters. The minimum atomic E-state index is -0.0400. The number of nitrogens with zero attached hydrogens (tertiary/aromatic N) is 1. The molecular formula is C24H32N2O3. The Morgan fingerprint density at radius 3 is 2.45 bits per heavy atom. The van der Waals surface area contributed by atoms with Gasteiger partial charge in [-0.3, -0.25) is 4.79 Å². The summed E-state index contributed by atoms with van der Waals surface area (Å²) in [5.41, 5.74) is 2.20. The van der Waals surface area contributed by atoms with Crippen molar-refractivity contribution < 1.29 is 14.3 Å². The van der Waals surface area contributed by atoms with Gasteiger partial charge in [0.25, 0.3) is 0 Å². The number of piperidine rings is 1. The number of hydrogen-bond acceptors (Lipinski definition) is 4. The molecule has 1 aliphatic heterocycles. The van der Waals surface area contributed by atoms with Crippen molar-refractivity contribution in [2.24, 2.45) is 0 Å². The average Bonchev–Trinajstić information content (AvgIpc) is 2.79. The van der Waals surface area contributed by atoms with Gasteiger partial charge in [-0.15, -0.1) is 0 Å². The molecular weight excluding hydrogens is 364 g/mol.